The molecule has 0 aliphatic heterocycles. The highest BCUT2D eigenvalue weighted by molar-refractivity contribution is 9.10. The molecule has 0 unspecified atom stereocenters. The highest BCUT2D eigenvalue weighted by atomic mass is 79.9. The molecular formula is C16H14BrN5O4. The molecule has 0 atom stereocenters. The number of hydrogen-bond acceptors (Lipinski definition) is 4. The molecule has 134 valence electrons. The van der Waals surface area contributed by atoms with Crippen LogP contribution in [-0.2, 0) is 11.3 Å². The number of H-pyrrole nitrogens is 2. The maximum atomic E-state index is 12.0. The third-order valence-electron chi connectivity index (χ3n) is 3.68. The molecule has 0 saturated carbocycles. The number of nitrogens with one attached hydrogen (secondary N) is 4. The summed E-state index contributed by atoms with van der Waals surface area (Å²) < 4.78 is 2.01. The van der Waals surface area contributed by atoms with Crippen LogP contribution in [0.25, 0.3) is 10.9 Å². The quantitative estimate of drug-likeness (QED) is 0.462. The minimum atomic E-state index is -0.596. The van der Waals surface area contributed by atoms with Gasteiger partial charge in [0.1, 0.15) is 5.69 Å². The molecule has 0 aliphatic rings. The lowest BCUT2D eigenvalue weighted by atomic mass is 10.2. The van der Waals surface area contributed by atoms with Crippen molar-refractivity contribution in [2.75, 3.05) is 0 Å². The Bertz CT molecular complexity index is 1100. The lowest BCUT2D eigenvalue weighted by molar-refractivity contribution is -0.122. The van der Waals surface area contributed by atoms with Crippen LogP contribution in [0, 0.1) is 0 Å². The average Bonchev–Trinajstić information content (AvgIpc) is 3.06. The van der Waals surface area contributed by atoms with E-state index in [9.17, 15) is 19.2 Å². The summed E-state index contributed by atoms with van der Waals surface area (Å²) in [6.45, 7) is 0.0475. The van der Waals surface area contributed by atoms with Crippen LogP contribution in [0.5, 0.6) is 0 Å². The van der Waals surface area contributed by atoms with Gasteiger partial charge < -0.3 is 4.98 Å². The Morgan fingerprint density at radius 1 is 1.15 bits per heavy atom. The van der Waals surface area contributed by atoms with E-state index in [0.29, 0.717) is 15.4 Å². The van der Waals surface area contributed by atoms with Crippen molar-refractivity contribution < 1.29 is 9.59 Å². The van der Waals surface area contributed by atoms with Crippen LogP contribution in [0.4, 0.5) is 0 Å². The molecule has 3 rings (SSSR count). The number of halogens is 1. The standard InChI is InChI=1S/C16H14BrN5O4/c17-9-7-11(18-8-9)15(25)21-20-13(23)5-6-22-12-4-2-1-3-10(12)14(24)19-16(22)26/h1-4,7-8,18H,5-6H2,(H,20,23)(H,21,25)(H,19,24,26). The molecule has 3 aromatic rings. The highest BCUT2D eigenvalue weighted by Crippen LogP contribution is 2.10. The van der Waals surface area contributed by atoms with Crippen molar-refractivity contribution in [1.29, 1.82) is 0 Å². The molecule has 2 amide bonds. The van der Waals surface area contributed by atoms with Gasteiger partial charge in [0.15, 0.2) is 0 Å². The average molecular weight is 420 g/mol. The molecule has 0 fully saturated rings. The van der Waals surface area contributed by atoms with Gasteiger partial charge in [0, 0.05) is 23.6 Å². The van der Waals surface area contributed by atoms with Gasteiger partial charge in [0.25, 0.3) is 11.5 Å². The topological polar surface area (TPSA) is 129 Å². The monoisotopic (exact) mass is 419 g/mol. The maximum Gasteiger partial charge on any atom is 0.328 e. The molecule has 26 heavy (non-hydrogen) atoms. The molecule has 0 saturated heterocycles. The van der Waals surface area contributed by atoms with Crippen LogP contribution in [-0.4, -0.2) is 26.3 Å². The summed E-state index contributed by atoms with van der Waals surface area (Å²) >= 11 is 3.21. The Balaban J connectivity index is 1.65. The molecule has 0 spiro atoms. The first-order chi connectivity index (χ1) is 12.5. The number of carbonyl (C=O) groups is 2. The lowest BCUT2D eigenvalue weighted by Gasteiger charge is -2.10. The van der Waals surface area contributed by atoms with E-state index in [1.54, 1.807) is 36.5 Å². The van der Waals surface area contributed by atoms with Gasteiger partial charge in [0.05, 0.1) is 10.9 Å². The van der Waals surface area contributed by atoms with Crippen molar-refractivity contribution in [2.24, 2.45) is 0 Å². The third kappa shape index (κ3) is 3.75. The summed E-state index contributed by atoms with van der Waals surface area (Å²) in [5.41, 5.74) is 4.20. The van der Waals surface area contributed by atoms with E-state index in [-0.39, 0.29) is 18.7 Å². The largest absolute Gasteiger partial charge is 0.356 e. The number of nitrogens with zero attached hydrogens (tertiary/aromatic N) is 1. The number of para-hydroxylation sites is 1. The van der Waals surface area contributed by atoms with E-state index in [1.165, 1.54) is 4.57 Å². The van der Waals surface area contributed by atoms with Crippen molar-refractivity contribution in [3.05, 3.63) is 67.5 Å². The maximum absolute atomic E-state index is 12.0. The Morgan fingerprint density at radius 2 is 1.92 bits per heavy atom. The third-order valence-corrected chi connectivity index (χ3v) is 4.13. The summed E-state index contributed by atoms with van der Waals surface area (Å²) in [5, 5.41) is 0.359. The zero-order valence-electron chi connectivity index (χ0n) is 13.3. The lowest BCUT2D eigenvalue weighted by Crippen LogP contribution is -2.42. The van der Waals surface area contributed by atoms with Crippen LogP contribution in [0.3, 0.4) is 0 Å². The first-order valence-electron chi connectivity index (χ1n) is 7.60. The Labute approximate surface area is 154 Å². The second kappa shape index (κ2) is 7.40. The number of aromatic nitrogens is 3. The van der Waals surface area contributed by atoms with Gasteiger partial charge in [-0.25, -0.2) is 4.79 Å². The van der Waals surface area contributed by atoms with Gasteiger partial charge in [-0.05, 0) is 34.1 Å². The van der Waals surface area contributed by atoms with E-state index in [0.717, 1.165) is 0 Å². The van der Waals surface area contributed by atoms with E-state index < -0.39 is 23.1 Å². The number of aryl methyl sites for hydroxylation is 1. The number of hydrazine groups is 1. The first kappa shape index (κ1) is 17.7. The predicted molar refractivity (Wildman–Crippen MR) is 97.5 cm³/mol. The smallest absolute Gasteiger partial charge is 0.328 e. The molecular weight excluding hydrogens is 406 g/mol. The summed E-state index contributed by atoms with van der Waals surface area (Å²) in [4.78, 5) is 52.5. The van der Waals surface area contributed by atoms with E-state index in [1.807, 2.05) is 0 Å². The minimum Gasteiger partial charge on any atom is -0.356 e. The van der Waals surface area contributed by atoms with Crippen LogP contribution in [0.2, 0.25) is 0 Å². The summed E-state index contributed by atoms with van der Waals surface area (Å²) in [5.74, 6) is -0.984. The van der Waals surface area contributed by atoms with E-state index in [2.05, 4.69) is 36.7 Å². The molecule has 10 heteroatoms. The van der Waals surface area contributed by atoms with Crippen molar-refractivity contribution >= 4 is 38.6 Å². The summed E-state index contributed by atoms with van der Waals surface area (Å²) in [7, 11) is 0. The zero-order chi connectivity index (χ0) is 18.7. The van der Waals surface area contributed by atoms with Crippen LogP contribution in [0.1, 0.15) is 16.9 Å². The molecule has 4 N–H and O–H groups in total. The fourth-order valence-electron chi connectivity index (χ4n) is 2.43. The second-order valence-electron chi connectivity index (χ2n) is 5.41. The SMILES string of the molecule is O=C(CCn1c(=O)[nH]c(=O)c2ccccc21)NNC(=O)c1cc(Br)c[nH]1. The normalized spacial score (nSPS) is 10.7. The molecule has 2 heterocycles. The van der Waals surface area contributed by atoms with Crippen LogP contribution >= 0.6 is 15.9 Å². The molecule has 9 nitrogen and oxygen atoms in total. The molecule has 0 aliphatic carbocycles. The molecule has 2 aromatic heterocycles. The Hall–Kier alpha value is -3.14. The Kier molecular flexibility index (Phi) is 5.03. The van der Waals surface area contributed by atoms with Crippen molar-refractivity contribution in [1.82, 2.24) is 25.4 Å². The van der Waals surface area contributed by atoms with Crippen molar-refractivity contribution in [3.63, 3.8) is 0 Å². The summed E-state index contributed by atoms with van der Waals surface area (Å²) in [6.07, 6.45) is 1.52. The number of fused-ring (bicyclic) bond motifs is 1. The highest BCUT2D eigenvalue weighted by Gasteiger charge is 2.11. The fourth-order valence-corrected chi connectivity index (χ4v) is 2.78. The number of benzene rings is 1. The van der Waals surface area contributed by atoms with Gasteiger partial charge in [-0.2, -0.15) is 0 Å². The van der Waals surface area contributed by atoms with E-state index >= 15 is 0 Å². The van der Waals surface area contributed by atoms with Crippen LogP contribution in [0.15, 0.2) is 50.6 Å². The van der Waals surface area contributed by atoms with Gasteiger partial charge in [-0.1, -0.05) is 12.1 Å². The number of aromatic amines is 2. The van der Waals surface area contributed by atoms with E-state index in [4.69, 9.17) is 0 Å². The van der Waals surface area contributed by atoms with Crippen molar-refractivity contribution in [2.45, 2.75) is 13.0 Å². The minimum absolute atomic E-state index is 0.0475. The van der Waals surface area contributed by atoms with Crippen LogP contribution < -0.4 is 22.1 Å². The van der Waals surface area contributed by atoms with Gasteiger partial charge in [-0.3, -0.25) is 34.8 Å². The number of amides is 2. The fraction of sp³-hybridized carbons (Fsp3) is 0.125. The second-order valence-corrected chi connectivity index (χ2v) is 6.33. The molecule has 1 aromatic carbocycles. The number of rotatable bonds is 4. The van der Waals surface area contributed by atoms with Gasteiger partial charge >= 0.3 is 5.69 Å². The van der Waals surface area contributed by atoms with Gasteiger partial charge in [0.2, 0.25) is 5.91 Å². The first-order valence-corrected chi connectivity index (χ1v) is 8.40. The Morgan fingerprint density at radius 3 is 2.65 bits per heavy atom. The van der Waals surface area contributed by atoms with Gasteiger partial charge in [-0.15, -0.1) is 0 Å². The summed E-state index contributed by atoms with van der Waals surface area (Å²) in [6, 6.07) is 8.18. The zero-order valence-corrected chi connectivity index (χ0v) is 14.9. The molecule has 0 bridgehead atoms. The molecule has 0 radical (unpaired) electrons. The van der Waals surface area contributed by atoms with Crippen molar-refractivity contribution in [3.8, 4) is 0 Å². The predicted octanol–water partition coefficient (Wildman–Crippen LogP) is 0.632. The number of carbonyl (C=O) groups excluding carboxylic acids is 2. The number of hydrogen-bond donors (Lipinski definition) is 4.